The molecule has 0 spiro atoms. The molecule has 6 atom stereocenters. The first-order valence-electron chi connectivity index (χ1n) is 16.8. The molecular weight excluding hydrogens is 744 g/mol. The van der Waals surface area contributed by atoms with Gasteiger partial charge in [-0.15, -0.1) is 0 Å². The standard InChI is InChI=1S/C38H36O18/c1-14-28(44)27-20(39)12-25(16-4-6-19(51-3)7-5-16)53-34(27)15(2)33(14)56-38-32(48)31(47)35(55-37(50)18-10-23(42)30(46)24(43)11-18)26(54-38)13-52-36(49)17-8-21(40)29(45)22(41)9-17/h4-11,25-26,31-32,35,38,40-48H,12-13H2,1-3H3/t25-,26-,31+,32+,35+,38-/m0/s1. The van der Waals surface area contributed by atoms with Crippen LogP contribution in [0.3, 0.4) is 0 Å². The Kier molecular flexibility index (Phi) is 10.6. The summed E-state index contributed by atoms with van der Waals surface area (Å²) >= 11 is 0. The summed E-state index contributed by atoms with van der Waals surface area (Å²) in [5.41, 5.74) is -0.193. The Balaban J connectivity index is 1.30. The van der Waals surface area contributed by atoms with Crippen LogP contribution >= 0.6 is 0 Å². The number of hydrogen-bond donors (Lipinski definition) is 9. The molecule has 18 nitrogen and oxygen atoms in total. The van der Waals surface area contributed by atoms with Gasteiger partial charge in [-0.05, 0) is 55.8 Å². The van der Waals surface area contributed by atoms with Crippen molar-refractivity contribution in [1.29, 1.82) is 0 Å². The van der Waals surface area contributed by atoms with E-state index in [1.54, 1.807) is 24.3 Å². The van der Waals surface area contributed by atoms with Crippen molar-refractivity contribution in [2.75, 3.05) is 13.7 Å². The second kappa shape index (κ2) is 15.2. The minimum absolute atomic E-state index is 0.0240. The molecule has 1 saturated heterocycles. The molecule has 2 aliphatic heterocycles. The van der Waals surface area contributed by atoms with Crippen LogP contribution < -0.4 is 14.2 Å². The van der Waals surface area contributed by atoms with E-state index < -0.39 is 113 Å². The maximum Gasteiger partial charge on any atom is 0.338 e. The number of methoxy groups -OCH3 is 1. The van der Waals surface area contributed by atoms with E-state index in [9.17, 15) is 60.3 Å². The van der Waals surface area contributed by atoms with E-state index in [0.29, 0.717) is 11.3 Å². The lowest BCUT2D eigenvalue weighted by atomic mass is 9.91. The van der Waals surface area contributed by atoms with Crippen LogP contribution in [0.15, 0.2) is 48.5 Å². The summed E-state index contributed by atoms with van der Waals surface area (Å²) in [6.07, 6.45) is -10.3. The molecule has 56 heavy (non-hydrogen) atoms. The molecule has 296 valence electrons. The zero-order chi connectivity index (χ0) is 40.7. The Labute approximate surface area is 316 Å². The number of rotatable bonds is 9. The van der Waals surface area contributed by atoms with Crippen LogP contribution in [0, 0.1) is 13.8 Å². The third-order valence-corrected chi connectivity index (χ3v) is 9.35. The average Bonchev–Trinajstić information content (AvgIpc) is 3.17. The molecule has 0 aliphatic carbocycles. The molecule has 0 bridgehead atoms. The number of aromatic hydroxyl groups is 7. The molecule has 4 aromatic rings. The summed E-state index contributed by atoms with van der Waals surface area (Å²) in [4.78, 5) is 39.4. The number of carbonyl (C=O) groups excluding carboxylic acids is 3. The largest absolute Gasteiger partial charge is 0.507 e. The van der Waals surface area contributed by atoms with E-state index in [-0.39, 0.29) is 34.6 Å². The van der Waals surface area contributed by atoms with E-state index in [4.69, 9.17) is 28.4 Å². The van der Waals surface area contributed by atoms with Gasteiger partial charge in [-0.2, -0.15) is 0 Å². The van der Waals surface area contributed by atoms with Crippen LogP contribution in [-0.2, 0) is 14.2 Å². The Hall–Kier alpha value is -6.63. The van der Waals surface area contributed by atoms with Gasteiger partial charge in [-0.3, -0.25) is 4.79 Å². The van der Waals surface area contributed by atoms with E-state index in [1.165, 1.54) is 21.0 Å². The Morgan fingerprint density at radius 3 is 1.88 bits per heavy atom. The lowest BCUT2D eigenvalue weighted by Gasteiger charge is -2.42. The van der Waals surface area contributed by atoms with Gasteiger partial charge in [0, 0.05) is 11.1 Å². The SMILES string of the molecule is COc1ccc([C@@H]2CC(=O)c3c(O)c(C)c(O[C@@H]4O[C@@H](COC(=O)c5cc(O)c(O)c(O)c5)[C@@H](OC(=O)c5cc(O)c(O)c(O)c5)[C@H](O)[C@H]4O)c(C)c3O2)cc1. The first-order valence-corrected chi connectivity index (χ1v) is 16.8. The van der Waals surface area contributed by atoms with Gasteiger partial charge >= 0.3 is 11.9 Å². The summed E-state index contributed by atoms with van der Waals surface area (Å²) in [5.74, 6) is -8.32. The zero-order valence-corrected chi connectivity index (χ0v) is 29.7. The fourth-order valence-corrected chi connectivity index (χ4v) is 6.29. The number of fused-ring (bicyclic) bond motifs is 1. The minimum Gasteiger partial charge on any atom is -0.507 e. The predicted octanol–water partition coefficient (Wildman–Crippen LogP) is 2.87. The molecule has 6 rings (SSSR count). The number of aliphatic hydroxyl groups is 2. The van der Waals surface area contributed by atoms with Gasteiger partial charge in [-0.25, -0.2) is 9.59 Å². The van der Waals surface area contributed by atoms with Crippen LogP contribution in [0.1, 0.15) is 60.3 Å². The molecule has 2 aliphatic rings. The second-order valence-corrected chi connectivity index (χ2v) is 13.0. The maximum absolute atomic E-state index is 13.4. The molecular formula is C38H36O18. The lowest BCUT2D eigenvalue weighted by Crippen LogP contribution is -2.61. The van der Waals surface area contributed by atoms with Crippen molar-refractivity contribution in [3.63, 3.8) is 0 Å². The average molecular weight is 781 g/mol. The molecule has 18 heteroatoms. The number of benzene rings is 4. The fourth-order valence-electron chi connectivity index (χ4n) is 6.29. The van der Waals surface area contributed by atoms with Gasteiger partial charge in [0.2, 0.25) is 6.29 Å². The van der Waals surface area contributed by atoms with E-state index in [1.807, 2.05) is 0 Å². The van der Waals surface area contributed by atoms with E-state index in [2.05, 4.69) is 0 Å². The number of phenols is 7. The van der Waals surface area contributed by atoms with Gasteiger partial charge in [0.05, 0.1) is 24.7 Å². The Morgan fingerprint density at radius 2 is 1.32 bits per heavy atom. The van der Waals surface area contributed by atoms with Crippen molar-refractivity contribution in [3.8, 4) is 57.5 Å². The second-order valence-electron chi connectivity index (χ2n) is 13.0. The monoisotopic (exact) mass is 780 g/mol. The van der Waals surface area contributed by atoms with E-state index >= 15 is 0 Å². The number of esters is 2. The number of hydrogen-bond acceptors (Lipinski definition) is 18. The molecule has 0 unspecified atom stereocenters. The highest BCUT2D eigenvalue weighted by Crippen LogP contribution is 2.48. The highest BCUT2D eigenvalue weighted by atomic mass is 16.7. The molecule has 0 aromatic heterocycles. The van der Waals surface area contributed by atoms with Crippen molar-refractivity contribution < 1.29 is 88.8 Å². The number of Topliss-reactive ketones (excluding diaryl/α,β-unsaturated/α-hetero) is 1. The predicted molar refractivity (Wildman–Crippen MR) is 187 cm³/mol. The van der Waals surface area contributed by atoms with Gasteiger partial charge in [0.15, 0.2) is 46.4 Å². The molecule has 9 N–H and O–H groups in total. The van der Waals surface area contributed by atoms with Gasteiger partial charge in [0.25, 0.3) is 0 Å². The number of phenolic OH excluding ortho intramolecular Hbond substituents is 7. The summed E-state index contributed by atoms with van der Waals surface area (Å²) < 4.78 is 34.0. The van der Waals surface area contributed by atoms with Crippen LogP contribution in [0.25, 0.3) is 0 Å². The first-order chi connectivity index (χ1) is 26.5. The quantitative estimate of drug-likeness (QED) is 0.0871. The molecule has 0 saturated carbocycles. The smallest absolute Gasteiger partial charge is 0.338 e. The van der Waals surface area contributed by atoms with Crippen molar-refractivity contribution >= 4 is 17.7 Å². The first kappa shape index (κ1) is 39.1. The van der Waals surface area contributed by atoms with Crippen molar-refractivity contribution in [2.45, 2.75) is 57.1 Å². The minimum atomic E-state index is -2.06. The Morgan fingerprint density at radius 1 is 0.768 bits per heavy atom. The lowest BCUT2D eigenvalue weighted by molar-refractivity contribution is -0.276. The Bertz CT molecular complexity index is 2150. The van der Waals surface area contributed by atoms with Gasteiger partial charge in [0.1, 0.15) is 59.6 Å². The molecule has 1 fully saturated rings. The summed E-state index contributed by atoms with van der Waals surface area (Å²) in [5, 5.41) is 92.6. The number of aliphatic hydroxyl groups excluding tert-OH is 2. The highest BCUT2D eigenvalue weighted by molar-refractivity contribution is 6.04. The normalized spacial score (nSPS) is 21.7. The van der Waals surface area contributed by atoms with Crippen molar-refractivity contribution in [3.05, 3.63) is 81.9 Å². The summed E-state index contributed by atoms with van der Waals surface area (Å²) in [6, 6.07) is 9.86. The number of carbonyl (C=O) groups is 3. The topological polar surface area (TPSA) is 289 Å². The van der Waals surface area contributed by atoms with Gasteiger partial charge in [-0.1, -0.05) is 12.1 Å². The number of ketones is 1. The molecule has 4 aromatic carbocycles. The third-order valence-electron chi connectivity index (χ3n) is 9.35. The fraction of sp³-hybridized carbons (Fsp3) is 0.289. The highest BCUT2D eigenvalue weighted by Gasteiger charge is 2.49. The summed E-state index contributed by atoms with van der Waals surface area (Å²) in [6.45, 7) is 2.08. The van der Waals surface area contributed by atoms with Crippen LogP contribution in [-0.4, -0.2) is 108 Å². The van der Waals surface area contributed by atoms with Crippen molar-refractivity contribution in [1.82, 2.24) is 0 Å². The van der Waals surface area contributed by atoms with E-state index in [0.717, 1.165) is 24.3 Å². The summed E-state index contributed by atoms with van der Waals surface area (Å²) in [7, 11) is 1.50. The van der Waals surface area contributed by atoms with Crippen LogP contribution in [0.4, 0.5) is 0 Å². The van der Waals surface area contributed by atoms with Crippen molar-refractivity contribution in [2.24, 2.45) is 0 Å². The molecule has 0 amide bonds. The molecule has 0 radical (unpaired) electrons. The molecule has 2 heterocycles. The van der Waals surface area contributed by atoms with Crippen LogP contribution in [0.2, 0.25) is 0 Å². The van der Waals surface area contributed by atoms with Gasteiger partial charge < -0.3 is 74.4 Å². The van der Waals surface area contributed by atoms with Crippen LogP contribution in [0.5, 0.6) is 57.5 Å². The number of ether oxygens (including phenoxy) is 6. The maximum atomic E-state index is 13.4. The zero-order valence-electron chi connectivity index (χ0n) is 29.7. The third kappa shape index (κ3) is 7.27.